The fourth-order valence-electron chi connectivity index (χ4n) is 2.77. The van der Waals surface area contributed by atoms with Crippen LogP contribution in [-0.2, 0) is 7.05 Å². The number of nitrogens with zero attached hydrogens (tertiary/aromatic N) is 4. The van der Waals surface area contributed by atoms with Crippen LogP contribution in [-0.4, -0.2) is 39.6 Å². The summed E-state index contributed by atoms with van der Waals surface area (Å²) in [5.41, 5.74) is 1.71. The van der Waals surface area contributed by atoms with Crippen molar-refractivity contribution in [2.75, 3.05) is 20.1 Å². The van der Waals surface area contributed by atoms with E-state index in [4.69, 9.17) is 28.2 Å². The van der Waals surface area contributed by atoms with Crippen LogP contribution < -0.4 is 0 Å². The Hall–Kier alpha value is -0.840. The Bertz CT molecular complexity index is 615. The Morgan fingerprint density at radius 2 is 1.84 bits per heavy atom. The van der Waals surface area contributed by atoms with E-state index in [-0.39, 0.29) is 0 Å². The van der Waals surface area contributed by atoms with Gasteiger partial charge < -0.3 is 9.47 Å². The number of rotatable bonds is 1. The lowest BCUT2D eigenvalue weighted by Crippen LogP contribution is -2.30. The molecule has 1 fully saturated rings. The lowest BCUT2D eigenvalue weighted by atomic mass is 9.96. The number of pyridine rings is 1. The van der Waals surface area contributed by atoms with E-state index >= 15 is 0 Å². The molecule has 0 radical (unpaired) electrons. The van der Waals surface area contributed by atoms with E-state index in [2.05, 4.69) is 21.5 Å². The minimum absolute atomic E-state index is 0.386. The number of hydrogen-bond acceptors (Lipinski definition) is 3. The molecule has 3 heterocycles. The van der Waals surface area contributed by atoms with Gasteiger partial charge in [-0.15, -0.1) is 0 Å². The van der Waals surface area contributed by atoms with Crippen LogP contribution in [0.1, 0.15) is 24.6 Å². The van der Waals surface area contributed by atoms with Crippen LogP contribution in [0.15, 0.2) is 6.07 Å². The molecule has 0 aromatic carbocycles. The van der Waals surface area contributed by atoms with Gasteiger partial charge in [0.2, 0.25) is 0 Å². The second kappa shape index (κ2) is 4.93. The lowest BCUT2D eigenvalue weighted by Gasteiger charge is -2.28. The third-order valence-corrected chi connectivity index (χ3v) is 4.37. The average molecular weight is 299 g/mol. The first-order valence-electron chi connectivity index (χ1n) is 6.43. The third kappa shape index (κ3) is 2.33. The topological polar surface area (TPSA) is 34.0 Å². The molecule has 0 saturated carbocycles. The molecule has 3 rings (SSSR count). The highest BCUT2D eigenvalue weighted by Gasteiger charge is 2.24. The maximum absolute atomic E-state index is 6.13. The highest BCUT2D eigenvalue weighted by molar-refractivity contribution is 6.36. The van der Waals surface area contributed by atoms with Crippen LogP contribution in [0.25, 0.3) is 11.0 Å². The number of hydrogen-bond donors (Lipinski definition) is 0. The summed E-state index contributed by atoms with van der Waals surface area (Å²) in [6.45, 7) is 2.22. The third-order valence-electron chi connectivity index (χ3n) is 3.91. The summed E-state index contributed by atoms with van der Waals surface area (Å²) in [7, 11) is 4.18. The molecule has 0 atom stereocenters. The molecule has 2 aromatic heterocycles. The molecule has 1 aliphatic rings. The molecule has 6 heteroatoms. The second-order valence-corrected chi connectivity index (χ2v) is 5.96. The van der Waals surface area contributed by atoms with Crippen molar-refractivity contribution in [2.24, 2.45) is 7.05 Å². The van der Waals surface area contributed by atoms with Crippen LogP contribution in [0.3, 0.4) is 0 Å². The van der Waals surface area contributed by atoms with E-state index in [1.807, 2.05) is 13.1 Å². The molecule has 0 unspecified atom stereocenters. The standard InChI is InChI=1S/C13H16Cl2N4/c1-18-5-3-8(4-6-18)13-17-11-9(19(13)2)7-10(14)16-12(11)15/h7-8H,3-6H2,1-2H3. The van der Waals surface area contributed by atoms with Crippen LogP contribution in [0.2, 0.25) is 10.3 Å². The van der Waals surface area contributed by atoms with Crippen molar-refractivity contribution in [1.29, 1.82) is 0 Å². The van der Waals surface area contributed by atoms with Crippen molar-refractivity contribution in [3.63, 3.8) is 0 Å². The van der Waals surface area contributed by atoms with Gasteiger partial charge in [-0.2, -0.15) is 0 Å². The Morgan fingerprint density at radius 1 is 1.16 bits per heavy atom. The quantitative estimate of drug-likeness (QED) is 0.759. The number of aromatic nitrogens is 3. The van der Waals surface area contributed by atoms with Gasteiger partial charge in [0.15, 0.2) is 5.15 Å². The fraction of sp³-hybridized carbons (Fsp3) is 0.538. The Balaban J connectivity index is 2.05. The molecule has 2 aromatic rings. The van der Waals surface area contributed by atoms with E-state index in [0.717, 1.165) is 42.8 Å². The van der Waals surface area contributed by atoms with Gasteiger partial charge in [0.25, 0.3) is 0 Å². The van der Waals surface area contributed by atoms with Gasteiger partial charge in [-0.05, 0) is 33.0 Å². The summed E-state index contributed by atoms with van der Waals surface area (Å²) in [5.74, 6) is 1.58. The van der Waals surface area contributed by atoms with E-state index in [0.29, 0.717) is 16.2 Å². The van der Waals surface area contributed by atoms with Gasteiger partial charge in [0.05, 0.1) is 5.52 Å². The minimum Gasteiger partial charge on any atom is -0.331 e. The second-order valence-electron chi connectivity index (χ2n) is 5.21. The lowest BCUT2D eigenvalue weighted by molar-refractivity contribution is 0.250. The summed E-state index contributed by atoms with van der Waals surface area (Å²) in [6.07, 6.45) is 2.26. The number of piperidine rings is 1. The highest BCUT2D eigenvalue weighted by Crippen LogP contribution is 2.31. The Kier molecular flexibility index (Phi) is 3.41. The summed E-state index contributed by atoms with van der Waals surface area (Å²) < 4.78 is 2.10. The molecule has 4 nitrogen and oxygen atoms in total. The zero-order valence-corrected chi connectivity index (χ0v) is 12.5. The molecule has 19 heavy (non-hydrogen) atoms. The average Bonchev–Trinajstić information content (AvgIpc) is 2.69. The molecule has 0 aliphatic carbocycles. The number of likely N-dealkylation sites (tertiary alicyclic amines) is 1. The largest absolute Gasteiger partial charge is 0.331 e. The van der Waals surface area contributed by atoms with Crippen molar-refractivity contribution >= 4 is 34.2 Å². The van der Waals surface area contributed by atoms with Crippen LogP contribution >= 0.6 is 23.2 Å². The fourth-order valence-corrected chi connectivity index (χ4v) is 3.23. The van der Waals surface area contributed by atoms with Gasteiger partial charge in [-0.25, -0.2) is 9.97 Å². The van der Waals surface area contributed by atoms with Crippen LogP contribution in [0.5, 0.6) is 0 Å². The van der Waals surface area contributed by atoms with Crippen molar-refractivity contribution < 1.29 is 0 Å². The van der Waals surface area contributed by atoms with E-state index in [1.54, 1.807) is 0 Å². The highest BCUT2D eigenvalue weighted by atomic mass is 35.5. The Morgan fingerprint density at radius 3 is 2.53 bits per heavy atom. The number of halogens is 2. The predicted octanol–water partition coefficient (Wildman–Crippen LogP) is 3.08. The number of fused-ring (bicyclic) bond motifs is 1. The van der Waals surface area contributed by atoms with E-state index < -0.39 is 0 Å². The number of imidazole rings is 1. The molecule has 1 saturated heterocycles. The van der Waals surface area contributed by atoms with Gasteiger partial charge >= 0.3 is 0 Å². The van der Waals surface area contributed by atoms with Crippen molar-refractivity contribution in [3.05, 3.63) is 22.2 Å². The maximum atomic E-state index is 6.13. The van der Waals surface area contributed by atoms with Crippen molar-refractivity contribution in [1.82, 2.24) is 19.4 Å². The smallest absolute Gasteiger partial charge is 0.158 e. The first-order chi connectivity index (χ1) is 9.06. The van der Waals surface area contributed by atoms with Crippen LogP contribution in [0, 0.1) is 0 Å². The summed E-state index contributed by atoms with van der Waals surface area (Å²) >= 11 is 12.1. The first kappa shape index (κ1) is 13.2. The molecule has 0 bridgehead atoms. The molecule has 0 N–H and O–H groups in total. The summed E-state index contributed by atoms with van der Waals surface area (Å²) in [5, 5.41) is 0.799. The summed E-state index contributed by atoms with van der Waals surface area (Å²) in [6, 6.07) is 1.83. The molecular formula is C13H16Cl2N4. The van der Waals surface area contributed by atoms with Gasteiger partial charge in [0.1, 0.15) is 16.5 Å². The predicted molar refractivity (Wildman–Crippen MR) is 78.0 cm³/mol. The van der Waals surface area contributed by atoms with Crippen LogP contribution in [0.4, 0.5) is 0 Å². The van der Waals surface area contributed by atoms with Crippen molar-refractivity contribution in [2.45, 2.75) is 18.8 Å². The zero-order valence-electron chi connectivity index (χ0n) is 11.0. The van der Waals surface area contributed by atoms with Crippen molar-refractivity contribution in [3.8, 4) is 0 Å². The van der Waals surface area contributed by atoms with E-state index in [1.165, 1.54) is 0 Å². The van der Waals surface area contributed by atoms with Gasteiger partial charge in [0, 0.05) is 19.0 Å². The monoisotopic (exact) mass is 298 g/mol. The molecule has 1 aliphatic heterocycles. The molecule has 0 amide bonds. The summed E-state index contributed by atoms with van der Waals surface area (Å²) in [4.78, 5) is 11.1. The Labute approximate surface area is 122 Å². The molecule has 0 spiro atoms. The number of aryl methyl sites for hydroxylation is 1. The molecular weight excluding hydrogens is 283 g/mol. The first-order valence-corrected chi connectivity index (χ1v) is 7.18. The normalized spacial score (nSPS) is 18.3. The van der Waals surface area contributed by atoms with Gasteiger partial charge in [-0.3, -0.25) is 0 Å². The minimum atomic E-state index is 0.386. The molecule has 102 valence electrons. The zero-order chi connectivity index (χ0) is 13.6. The maximum Gasteiger partial charge on any atom is 0.158 e. The van der Waals surface area contributed by atoms with E-state index in [9.17, 15) is 0 Å². The SMILES string of the molecule is CN1CCC(c2nc3c(Cl)nc(Cl)cc3n2C)CC1. The van der Waals surface area contributed by atoms with Gasteiger partial charge in [-0.1, -0.05) is 23.2 Å².